The highest BCUT2D eigenvalue weighted by molar-refractivity contribution is 5.62. The Hall–Kier alpha value is -1.84. The summed E-state index contributed by atoms with van der Waals surface area (Å²) in [5.41, 5.74) is 1.96. The van der Waals surface area contributed by atoms with Gasteiger partial charge in [0.2, 0.25) is 0 Å². The molecule has 17 heavy (non-hydrogen) atoms. The molecule has 0 heterocycles. The standard InChI is InChI=1S/C13H16N2O2/c1-14(2)8-7-11-5-6-12(10-3-4-10)9-13(11)15(16)17/h5-10H,3-4H2,1-2H3. The molecule has 1 aliphatic rings. The van der Waals surface area contributed by atoms with Crippen LogP contribution in [0, 0.1) is 10.1 Å². The molecule has 1 fully saturated rings. The van der Waals surface area contributed by atoms with Crippen molar-refractivity contribution in [2.45, 2.75) is 18.8 Å². The van der Waals surface area contributed by atoms with Gasteiger partial charge in [-0.15, -0.1) is 0 Å². The van der Waals surface area contributed by atoms with Crippen LogP contribution in [-0.4, -0.2) is 23.9 Å². The monoisotopic (exact) mass is 232 g/mol. The van der Waals surface area contributed by atoms with Crippen LogP contribution in [0.4, 0.5) is 5.69 Å². The van der Waals surface area contributed by atoms with E-state index in [1.54, 1.807) is 12.1 Å². The molecule has 0 saturated heterocycles. The number of hydrogen-bond acceptors (Lipinski definition) is 3. The molecule has 0 unspecified atom stereocenters. The second kappa shape index (κ2) is 4.57. The van der Waals surface area contributed by atoms with E-state index in [1.165, 1.54) is 0 Å². The molecule has 2 rings (SSSR count). The first kappa shape index (κ1) is 11.6. The summed E-state index contributed by atoms with van der Waals surface area (Å²) < 4.78 is 0. The maximum atomic E-state index is 11.0. The quantitative estimate of drug-likeness (QED) is 0.592. The third kappa shape index (κ3) is 2.84. The number of nitro groups is 1. The molecule has 4 heteroatoms. The zero-order valence-electron chi connectivity index (χ0n) is 10.1. The summed E-state index contributed by atoms with van der Waals surface area (Å²) in [7, 11) is 3.78. The van der Waals surface area contributed by atoms with Gasteiger partial charge in [-0.1, -0.05) is 6.07 Å². The molecule has 0 N–H and O–H groups in total. The summed E-state index contributed by atoms with van der Waals surface area (Å²) >= 11 is 0. The summed E-state index contributed by atoms with van der Waals surface area (Å²) in [6.07, 6.45) is 5.90. The molecule has 1 aromatic rings. The predicted octanol–water partition coefficient (Wildman–Crippen LogP) is 3.00. The Balaban J connectivity index is 2.33. The molecule has 0 radical (unpaired) electrons. The molecule has 0 aliphatic heterocycles. The zero-order valence-corrected chi connectivity index (χ0v) is 10.1. The fraction of sp³-hybridized carbons (Fsp3) is 0.385. The van der Waals surface area contributed by atoms with E-state index in [4.69, 9.17) is 0 Å². The Morgan fingerprint density at radius 2 is 2.12 bits per heavy atom. The number of rotatable bonds is 4. The van der Waals surface area contributed by atoms with Crippen LogP contribution >= 0.6 is 0 Å². The first-order valence-corrected chi connectivity index (χ1v) is 5.71. The van der Waals surface area contributed by atoms with Crippen LogP contribution in [0.15, 0.2) is 24.4 Å². The lowest BCUT2D eigenvalue weighted by Crippen LogP contribution is -2.00. The minimum atomic E-state index is -0.304. The van der Waals surface area contributed by atoms with Crippen molar-refractivity contribution in [3.8, 4) is 0 Å². The van der Waals surface area contributed by atoms with E-state index < -0.39 is 0 Å². The molecule has 0 atom stereocenters. The van der Waals surface area contributed by atoms with Gasteiger partial charge < -0.3 is 4.90 Å². The second-order valence-electron chi connectivity index (χ2n) is 4.63. The van der Waals surface area contributed by atoms with Gasteiger partial charge in [-0.05, 0) is 42.7 Å². The van der Waals surface area contributed by atoms with Gasteiger partial charge in [-0.25, -0.2) is 0 Å². The molecule has 0 bridgehead atoms. The average Bonchev–Trinajstić information content (AvgIpc) is 3.09. The van der Waals surface area contributed by atoms with Crippen molar-refractivity contribution in [3.05, 3.63) is 45.6 Å². The van der Waals surface area contributed by atoms with Crippen LogP contribution < -0.4 is 0 Å². The van der Waals surface area contributed by atoms with Crippen LogP contribution in [0.3, 0.4) is 0 Å². The molecule has 4 nitrogen and oxygen atoms in total. The van der Waals surface area contributed by atoms with Crippen molar-refractivity contribution in [2.24, 2.45) is 0 Å². The predicted molar refractivity (Wildman–Crippen MR) is 67.8 cm³/mol. The fourth-order valence-corrected chi connectivity index (χ4v) is 1.76. The van der Waals surface area contributed by atoms with Gasteiger partial charge in [-0.3, -0.25) is 10.1 Å². The molecule has 1 aromatic carbocycles. The lowest BCUT2D eigenvalue weighted by molar-refractivity contribution is -0.385. The number of nitrogens with zero attached hydrogens (tertiary/aromatic N) is 2. The zero-order chi connectivity index (χ0) is 12.4. The van der Waals surface area contributed by atoms with E-state index in [9.17, 15) is 10.1 Å². The van der Waals surface area contributed by atoms with Crippen molar-refractivity contribution >= 4 is 11.8 Å². The topological polar surface area (TPSA) is 46.4 Å². The maximum absolute atomic E-state index is 11.0. The normalized spacial score (nSPS) is 15.2. The van der Waals surface area contributed by atoms with E-state index in [2.05, 4.69) is 0 Å². The van der Waals surface area contributed by atoms with Crippen LogP contribution in [0.25, 0.3) is 6.08 Å². The molecule has 0 amide bonds. The van der Waals surface area contributed by atoms with Gasteiger partial charge in [0.05, 0.1) is 10.5 Å². The van der Waals surface area contributed by atoms with Crippen molar-refractivity contribution in [1.29, 1.82) is 0 Å². The van der Waals surface area contributed by atoms with Gasteiger partial charge in [-0.2, -0.15) is 0 Å². The Bertz CT molecular complexity index is 462. The first-order chi connectivity index (χ1) is 8.08. The third-order valence-corrected chi connectivity index (χ3v) is 2.85. The molecule has 0 aromatic heterocycles. The smallest absolute Gasteiger partial charge is 0.276 e. The van der Waals surface area contributed by atoms with Gasteiger partial charge in [0.25, 0.3) is 5.69 Å². The highest BCUT2D eigenvalue weighted by atomic mass is 16.6. The van der Waals surface area contributed by atoms with Crippen molar-refractivity contribution < 1.29 is 4.92 Å². The van der Waals surface area contributed by atoms with Gasteiger partial charge in [0.1, 0.15) is 0 Å². The van der Waals surface area contributed by atoms with Crippen molar-refractivity contribution in [3.63, 3.8) is 0 Å². The number of hydrogen-bond donors (Lipinski definition) is 0. The van der Waals surface area contributed by atoms with Crippen LogP contribution in [0.2, 0.25) is 0 Å². The molecule has 1 saturated carbocycles. The highest BCUT2D eigenvalue weighted by Crippen LogP contribution is 2.41. The molecule has 0 spiro atoms. The summed E-state index contributed by atoms with van der Waals surface area (Å²) in [6, 6.07) is 5.55. The Labute approximate surface area is 101 Å². The Kier molecular flexibility index (Phi) is 3.13. The lowest BCUT2D eigenvalue weighted by atomic mass is 10.1. The van der Waals surface area contributed by atoms with Crippen LogP contribution in [-0.2, 0) is 0 Å². The van der Waals surface area contributed by atoms with Crippen molar-refractivity contribution in [1.82, 2.24) is 4.90 Å². The summed E-state index contributed by atoms with van der Waals surface area (Å²) in [4.78, 5) is 12.6. The lowest BCUT2D eigenvalue weighted by Gasteiger charge is -2.05. The third-order valence-electron chi connectivity index (χ3n) is 2.85. The van der Waals surface area contributed by atoms with E-state index in [-0.39, 0.29) is 10.6 Å². The molecular weight excluding hydrogens is 216 g/mol. The fourth-order valence-electron chi connectivity index (χ4n) is 1.76. The van der Waals surface area contributed by atoms with Crippen molar-refractivity contribution in [2.75, 3.05) is 14.1 Å². The first-order valence-electron chi connectivity index (χ1n) is 5.71. The SMILES string of the molecule is CN(C)C=Cc1ccc(C2CC2)cc1[N+](=O)[O-]. The number of benzene rings is 1. The van der Waals surface area contributed by atoms with E-state index in [0.29, 0.717) is 11.5 Å². The Morgan fingerprint density at radius 1 is 1.41 bits per heavy atom. The van der Waals surface area contributed by atoms with Gasteiger partial charge in [0.15, 0.2) is 0 Å². The average molecular weight is 232 g/mol. The summed E-state index contributed by atoms with van der Waals surface area (Å²) in [6.45, 7) is 0. The second-order valence-corrected chi connectivity index (χ2v) is 4.63. The van der Waals surface area contributed by atoms with E-state index in [1.807, 2.05) is 37.3 Å². The van der Waals surface area contributed by atoms with E-state index in [0.717, 1.165) is 18.4 Å². The maximum Gasteiger partial charge on any atom is 0.276 e. The number of nitro benzene ring substituents is 1. The van der Waals surface area contributed by atoms with Crippen LogP contribution in [0.5, 0.6) is 0 Å². The largest absolute Gasteiger partial charge is 0.383 e. The minimum Gasteiger partial charge on any atom is -0.383 e. The highest BCUT2D eigenvalue weighted by Gasteiger charge is 2.25. The molecule has 1 aliphatic carbocycles. The van der Waals surface area contributed by atoms with Crippen LogP contribution in [0.1, 0.15) is 29.9 Å². The minimum absolute atomic E-state index is 0.201. The van der Waals surface area contributed by atoms with Gasteiger partial charge in [0, 0.05) is 20.2 Å². The summed E-state index contributed by atoms with van der Waals surface area (Å²) in [5.74, 6) is 0.542. The molecular formula is C13H16N2O2. The summed E-state index contributed by atoms with van der Waals surface area (Å²) in [5, 5.41) is 11.0. The van der Waals surface area contributed by atoms with Gasteiger partial charge >= 0.3 is 0 Å². The molecule has 90 valence electrons. The Morgan fingerprint density at radius 3 is 2.65 bits per heavy atom. The van der Waals surface area contributed by atoms with E-state index >= 15 is 0 Å².